The monoisotopic (exact) mass is 521 g/mol. The van der Waals surface area contributed by atoms with Crippen LogP contribution in [0.25, 0.3) is 21.9 Å². The van der Waals surface area contributed by atoms with Crippen molar-refractivity contribution in [1.29, 1.82) is 0 Å². The molecule has 5 heteroatoms. The molecule has 0 heterocycles. The first-order chi connectivity index (χ1) is 19.6. The van der Waals surface area contributed by atoms with Gasteiger partial charge in [0.1, 0.15) is 0 Å². The van der Waals surface area contributed by atoms with Crippen LogP contribution in [0.1, 0.15) is 0 Å². The Morgan fingerprint density at radius 2 is 0.975 bits per heavy atom. The minimum atomic E-state index is -0.384. The van der Waals surface area contributed by atoms with E-state index in [1.54, 1.807) is 12.1 Å². The third-order valence-corrected chi connectivity index (χ3v) is 7.17. The highest BCUT2D eigenvalue weighted by Crippen LogP contribution is 2.37. The van der Waals surface area contributed by atoms with E-state index in [2.05, 4.69) is 120 Å². The van der Waals surface area contributed by atoms with Crippen molar-refractivity contribution in [2.24, 2.45) is 0 Å². The smallest absolute Gasteiger partial charge is 0.269 e. The fourth-order valence-corrected chi connectivity index (χ4v) is 4.97. The van der Waals surface area contributed by atoms with Crippen LogP contribution in [0.3, 0.4) is 0 Å². The molecule has 0 aliphatic heterocycles. The molecule has 0 aliphatic rings. The molecule has 6 aromatic carbocycles. The van der Waals surface area contributed by atoms with Crippen LogP contribution in [0, 0.1) is 10.1 Å². The van der Waals surface area contributed by atoms with Crippen LogP contribution < -0.4 is 9.80 Å². The van der Waals surface area contributed by atoms with Gasteiger partial charge in [0.25, 0.3) is 5.69 Å². The lowest BCUT2D eigenvalue weighted by Gasteiger charge is -2.26. The van der Waals surface area contributed by atoms with Gasteiger partial charge in [0, 0.05) is 47.6 Å². The van der Waals surface area contributed by atoms with Gasteiger partial charge >= 0.3 is 0 Å². The molecule has 194 valence electrons. The zero-order valence-corrected chi connectivity index (χ0v) is 22.0. The summed E-state index contributed by atoms with van der Waals surface area (Å²) in [6.07, 6.45) is 0. The number of nitrogens with zero attached hydrogens (tertiary/aromatic N) is 3. The van der Waals surface area contributed by atoms with E-state index in [4.69, 9.17) is 0 Å². The Kier molecular flexibility index (Phi) is 6.69. The lowest BCUT2D eigenvalue weighted by atomic mass is 10.0. The molecule has 6 aromatic rings. The minimum Gasteiger partial charge on any atom is -0.345 e. The number of fused-ring (bicyclic) bond motifs is 1. The molecule has 0 fully saturated rings. The Morgan fingerprint density at radius 3 is 1.57 bits per heavy atom. The van der Waals surface area contributed by atoms with Crippen LogP contribution in [0.2, 0.25) is 0 Å². The highest BCUT2D eigenvalue weighted by atomic mass is 16.6. The van der Waals surface area contributed by atoms with Crippen LogP contribution in [-0.4, -0.2) is 12.0 Å². The van der Waals surface area contributed by atoms with E-state index >= 15 is 0 Å². The Bertz CT molecular complexity index is 1770. The number of nitro benzene ring substituents is 1. The summed E-state index contributed by atoms with van der Waals surface area (Å²) in [5.74, 6) is 0. The van der Waals surface area contributed by atoms with Crippen LogP contribution in [0.4, 0.5) is 34.1 Å². The minimum absolute atomic E-state index is 0.0855. The maximum Gasteiger partial charge on any atom is 0.269 e. The van der Waals surface area contributed by atoms with Crippen molar-refractivity contribution in [3.05, 3.63) is 156 Å². The molecule has 0 unspecified atom stereocenters. The molecule has 0 spiro atoms. The number of anilines is 5. The number of hydrogen-bond acceptors (Lipinski definition) is 4. The van der Waals surface area contributed by atoms with Gasteiger partial charge in [-0.1, -0.05) is 72.8 Å². The number of para-hydroxylation sites is 1. The molecule has 0 aliphatic carbocycles. The summed E-state index contributed by atoms with van der Waals surface area (Å²) in [5.41, 5.74) is 7.50. The lowest BCUT2D eigenvalue weighted by molar-refractivity contribution is -0.384. The van der Waals surface area contributed by atoms with Crippen molar-refractivity contribution >= 4 is 44.9 Å². The zero-order valence-electron chi connectivity index (χ0n) is 22.0. The van der Waals surface area contributed by atoms with E-state index in [0.717, 1.165) is 39.6 Å². The fourth-order valence-electron chi connectivity index (χ4n) is 4.97. The van der Waals surface area contributed by atoms with Gasteiger partial charge in [0.2, 0.25) is 0 Å². The third-order valence-electron chi connectivity index (χ3n) is 7.17. The van der Waals surface area contributed by atoms with E-state index in [1.807, 2.05) is 18.0 Å². The second kappa shape index (κ2) is 10.8. The molecule has 0 aromatic heterocycles. The second-order valence-corrected chi connectivity index (χ2v) is 9.63. The molecular formula is C35H27N3O2. The van der Waals surface area contributed by atoms with E-state index in [-0.39, 0.29) is 10.6 Å². The van der Waals surface area contributed by atoms with Gasteiger partial charge in [0.05, 0.1) is 4.92 Å². The molecule has 40 heavy (non-hydrogen) atoms. The van der Waals surface area contributed by atoms with Gasteiger partial charge in [0.15, 0.2) is 0 Å². The summed E-state index contributed by atoms with van der Waals surface area (Å²) in [6, 6.07) is 49.0. The Morgan fingerprint density at radius 1 is 0.500 bits per heavy atom. The Labute approximate surface area is 233 Å². The zero-order chi connectivity index (χ0) is 27.5. The van der Waals surface area contributed by atoms with Crippen molar-refractivity contribution in [1.82, 2.24) is 0 Å². The van der Waals surface area contributed by atoms with Crippen LogP contribution in [0.5, 0.6) is 0 Å². The Balaban J connectivity index is 1.27. The van der Waals surface area contributed by atoms with Crippen molar-refractivity contribution in [2.45, 2.75) is 0 Å². The number of nitro groups is 1. The van der Waals surface area contributed by atoms with Crippen molar-refractivity contribution < 1.29 is 4.92 Å². The normalized spacial score (nSPS) is 10.8. The largest absolute Gasteiger partial charge is 0.345 e. The quantitative estimate of drug-likeness (QED) is 0.155. The lowest BCUT2D eigenvalue weighted by Crippen LogP contribution is -2.09. The topological polar surface area (TPSA) is 49.6 Å². The number of rotatable bonds is 7. The summed E-state index contributed by atoms with van der Waals surface area (Å²) in [7, 11) is 1.95. The number of non-ortho nitro benzene ring substituents is 1. The molecular weight excluding hydrogens is 494 g/mol. The second-order valence-electron chi connectivity index (χ2n) is 9.63. The number of benzene rings is 6. The molecule has 6 rings (SSSR count). The van der Waals surface area contributed by atoms with E-state index in [9.17, 15) is 10.1 Å². The van der Waals surface area contributed by atoms with Crippen molar-refractivity contribution in [3.63, 3.8) is 0 Å². The fraction of sp³-hybridized carbons (Fsp3) is 0.0286. The standard InChI is InChI=1S/C35H27N3O2/c1-36(31-21-23-34(24-22-31)38(39)40)30-16-11-27(12-17-30)28-13-18-33(19-14-28)37(32-9-3-2-4-10-32)35-20-15-26-7-5-6-8-29(26)25-35/h2-25H,1H3. The summed E-state index contributed by atoms with van der Waals surface area (Å²) >= 11 is 0. The summed E-state index contributed by atoms with van der Waals surface area (Å²) < 4.78 is 0. The molecule has 0 bridgehead atoms. The van der Waals surface area contributed by atoms with E-state index < -0.39 is 0 Å². The molecule has 0 amide bonds. The van der Waals surface area contributed by atoms with Gasteiger partial charge < -0.3 is 9.80 Å². The highest BCUT2D eigenvalue weighted by Gasteiger charge is 2.13. The summed E-state index contributed by atoms with van der Waals surface area (Å²) in [5, 5.41) is 13.4. The highest BCUT2D eigenvalue weighted by molar-refractivity contribution is 5.89. The first-order valence-electron chi connectivity index (χ1n) is 13.1. The van der Waals surface area contributed by atoms with Crippen LogP contribution in [-0.2, 0) is 0 Å². The summed E-state index contributed by atoms with van der Waals surface area (Å²) in [4.78, 5) is 14.9. The number of hydrogen-bond donors (Lipinski definition) is 0. The van der Waals surface area contributed by atoms with Gasteiger partial charge in [-0.3, -0.25) is 10.1 Å². The van der Waals surface area contributed by atoms with Crippen LogP contribution in [0.15, 0.2) is 146 Å². The molecule has 0 N–H and O–H groups in total. The average molecular weight is 522 g/mol. The maximum atomic E-state index is 11.0. The molecule has 0 saturated carbocycles. The predicted octanol–water partition coefficient (Wildman–Crippen LogP) is 9.65. The van der Waals surface area contributed by atoms with E-state index in [1.165, 1.54) is 22.9 Å². The van der Waals surface area contributed by atoms with Gasteiger partial charge in [-0.25, -0.2) is 0 Å². The SMILES string of the molecule is CN(c1ccc(-c2ccc(N(c3ccccc3)c3ccc4ccccc4c3)cc2)cc1)c1ccc([N+](=O)[O-])cc1. The first kappa shape index (κ1) is 24.9. The van der Waals surface area contributed by atoms with Gasteiger partial charge in [-0.15, -0.1) is 0 Å². The van der Waals surface area contributed by atoms with Gasteiger partial charge in [-0.05, 0) is 82.6 Å². The van der Waals surface area contributed by atoms with E-state index in [0.29, 0.717) is 0 Å². The molecule has 0 saturated heterocycles. The molecule has 5 nitrogen and oxygen atoms in total. The molecule has 0 atom stereocenters. The maximum absolute atomic E-state index is 11.0. The van der Waals surface area contributed by atoms with Crippen molar-refractivity contribution in [2.75, 3.05) is 16.8 Å². The average Bonchev–Trinajstić information content (AvgIpc) is 3.02. The third kappa shape index (κ3) is 5.00. The first-order valence-corrected chi connectivity index (χ1v) is 13.1. The summed E-state index contributed by atoms with van der Waals surface area (Å²) in [6.45, 7) is 0. The Hall–Kier alpha value is -5.42. The molecule has 0 radical (unpaired) electrons. The predicted molar refractivity (Wildman–Crippen MR) is 165 cm³/mol. The van der Waals surface area contributed by atoms with Crippen molar-refractivity contribution in [3.8, 4) is 11.1 Å². The van der Waals surface area contributed by atoms with Crippen LogP contribution >= 0.6 is 0 Å². The van der Waals surface area contributed by atoms with Gasteiger partial charge in [-0.2, -0.15) is 0 Å².